The second kappa shape index (κ2) is 6.94. The molecule has 3 rings (SSSR count). The first-order valence-electron chi connectivity index (χ1n) is 7.57. The summed E-state index contributed by atoms with van der Waals surface area (Å²) in [6.45, 7) is 3.65. The van der Waals surface area contributed by atoms with Crippen LogP contribution in [0, 0.1) is 6.92 Å². The third-order valence-electron chi connectivity index (χ3n) is 4.21. The fourth-order valence-electron chi connectivity index (χ4n) is 3.04. The van der Waals surface area contributed by atoms with Crippen LogP contribution in [0.2, 0.25) is 0 Å². The van der Waals surface area contributed by atoms with Crippen LogP contribution in [-0.4, -0.2) is 19.0 Å². The summed E-state index contributed by atoms with van der Waals surface area (Å²) in [6.07, 6.45) is 2.38. The Balaban J connectivity index is 1.62. The maximum Gasteiger partial charge on any atom is 0.279 e. The monoisotopic (exact) mass is 379 g/mol. The summed E-state index contributed by atoms with van der Waals surface area (Å²) < 4.78 is 1.02. The van der Waals surface area contributed by atoms with Gasteiger partial charge in [0.2, 0.25) is 0 Å². The Bertz CT molecular complexity index is 657. The third-order valence-corrected chi connectivity index (χ3v) is 6.05. The van der Waals surface area contributed by atoms with Crippen molar-refractivity contribution in [2.45, 2.75) is 25.8 Å². The molecule has 5 heteroatoms. The molecule has 1 unspecified atom stereocenters. The van der Waals surface area contributed by atoms with Crippen LogP contribution in [0.4, 0.5) is 5.69 Å². The Kier molecular flexibility index (Phi) is 4.96. The van der Waals surface area contributed by atoms with Gasteiger partial charge in [0.05, 0.1) is 11.4 Å². The Morgan fingerprint density at radius 1 is 1.45 bits per heavy atom. The molecule has 116 valence electrons. The molecular weight excluding hydrogens is 360 g/mol. The molecule has 1 aliphatic rings. The van der Waals surface area contributed by atoms with Gasteiger partial charge in [0.1, 0.15) is 6.04 Å². The largest absolute Gasteiger partial charge is 0.321 e. The number of hydrogen-bond acceptors (Lipinski definition) is 2. The highest BCUT2D eigenvalue weighted by atomic mass is 79.9. The highest BCUT2D eigenvalue weighted by molar-refractivity contribution is 9.10. The third kappa shape index (κ3) is 3.59. The first kappa shape index (κ1) is 15.7. The van der Waals surface area contributed by atoms with Crippen LogP contribution >= 0.6 is 27.3 Å². The molecule has 2 aromatic rings. The van der Waals surface area contributed by atoms with Gasteiger partial charge in [-0.2, -0.15) is 0 Å². The number of anilines is 1. The summed E-state index contributed by atoms with van der Waals surface area (Å²) in [6, 6.07) is 10.7. The summed E-state index contributed by atoms with van der Waals surface area (Å²) >= 11 is 5.30. The van der Waals surface area contributed by atoms with E-state index in [1.54, 1.807) is 11.3 Å². The summed E-state index contributed by atoms with van der Waals surface area (Å²) in [7, 11) is 0. The second-order valence-corrected chi connectivity index (χ2v) is 7.64. The van der Waals surface area contributed by atoms with Crippen LogP contribution in [-0.2, 0) is 4.79 Å². The fourth-order valence-corrected chi connectivity index (χ4v) is 4.34. The summed E-state index contributed by atoms with van der Waals surface area (Å²) in [5.74, 6) is 0.0919. The lowest BCUT2D eigenvalue weighted by Gasteiger charge is -2.20. The van der Waals surface area contributed by atoms with Gasteiger partial charge < -0.3 is 10.2 Å². The lowest BCUT2D eigenvalue weighted by Crippen LogP contribution is -3.11. The zero-order chi connectivity index (χ0) is 15.5. The number of aryl methyl sites for hydroxylation is 1. The SMILES string of the molecule is Cc1ccc(NC(=O)C[NH+]2CCC[C@@H]2c2cccs2)cc1Br. The van der Waals surface area contributed by atoms with Gasteiger partial charge in [-0.05, 0) is 36.1 Å². The number of thiophene rings is 1. The molecule has 0 spiro atoms. The minimum atomic E-state index is 0.0919. The number of halogens is 1. The van der Waals surface area contributed by atoms with Gasteiger partial charge in [-0.15, -0.1) is 11.3 Å². The molecule has 1 fully saturated rings. The van der Waals surface area contributed by atoms with Crippen LogP contribution in [0.3, 0.4) is 0 Å². The number of rotatable bonds is 4. The zero-order valence-electron chi connectivity index (χ0n) is 12.6. The molecule has 2 atom stereocenters. The number of quaternary nitrogens is 1. The van der Waals surface area contributed by atoms with Gasteiger partial charge in [0.25, 0.3) is 5.91 Å². The lowest BCUT2D eigenvalue weighted by molar-refractivity contribution is -0.910. The molecule has 22 heavy (non-hydrogen) atoms. The molecule has 1 saturated heterocycles. The molecule has 2 N–H and O–H groups in total. The van der Waals surface area contributed by atoms with Crippen molar-refractivity contribution in [3.8, 4) is 0 Å². The number of benzene rings is 1. The quantitative estimate of drug-likeness (QED) is 0.840. The normalized spacial score (nSPS) is 21.0. The molecule has 0 bridgehead atoms. The van der Waals surface area contributed by atoms with E-state index < -0.39 is 0 Å². The highest BCUT2D eigenvalue weighted by Crippen LogP contribution is 2.23. The van der Waals surface area contributed by atoms with Gasteiger partial charge in [-0.3, -0.25) is 4.79 Å². The van der Waals surface area contributed by atoms with E-state index in [9.17, 15) is 4.79 Å². The topological polar surface area (TPSA) is 33.5 Å². The maximum absolute atomic E-state index is 12.3. The van der Waals surface area contributed by atoms with E-state index in [0.29, 0.717) is 12.6 Å². The van der Waals surface area contributed by atoms with E-state index in [0.717, 1.165) is 16.7 Å². The molecule has 1 aromatic heterocycles. The van der Waals surface area contributed by atoms with E-state index in [2.05, 4.69) is 38.8 Å². The van der Waals surface area contributed by atoms with Crippen LogP contribution in [0.25, 0.3) is 0 Å². The predicted molar refractivity (Wildman–Crippen MR) is 94.5 cm³/mol. The number of nitrogens with one attached hydrogen (secondary N) is 2. The number of carbonyl (C=O) groups excluding carboxylic acids is 1. The second-order valence-electron chi connectivity index (χ2n) is 5.81. The van der Waals surface area contributed by atoms with Crippen molar-refractivity contribution >= 4 is 38.9 Å². The molecule has 1 aromatic carbocycles. The molecule has 0 radical (unpaired) electrons. The van der Waals surface area contributed by atoms with E-state index in [4.69, 9.17) is 0 Å². The summed E-state index contributed by atoms with van der Waals surface area (Å²) in [5, 5.41) is 5.14. The molecule has 3 nitrogen and oxygen atoms in total. The fraction of sp³-hybridized carbons (Fsp3) is 0.353. The Hall–Kier alpha value is -1.17. The number of amides is 1. The van der Waals surface area contributed by atoms with Crippen LogP contribution < -0.4 is 10.2 Å². The first-order chi connectivity index (χ1) is 10.6. The zero-order valence-corrected chi connectivity index (χ0v) is 15.0. The number of hydrogen-bond donors (Lipinski definition) is 2. The lowest BCUT2D eigenvalue weighted by atomic mass is 10.2. The molecule has 2 heterocycles. The molecule has 0 aliphatic carbocycles. The van der Waals surface area contributed by atoms with Crippen LogP contribution in [0.1, 0.15) is 29.3 Å². The predicted octanol–water partition coefficient (Wildman–Crippen LogP) is 3.18. The summed E-state index contributed by atoms with van der Waals surface area (Å²) in [4.78, 5) is 15.1. The van der Waals surface area contributed by atoms with Gasteiger partial charge in [0, 0.05) is 23.0 Å². The average Bonchev–Trinajstić information content (AvgIpc) is 3.13. The van der Waals surface area contributed by atoms with E-state index in [1.165, 1.54) is 28.2 Å². The smallest absolute Gasteiger partial charge is 0.279 e. The first-order valence-corrected chi connectivity index (χ1v) is 9.25. The number of carbonyl (C=O) groups is 1. The van der Waals surface area contributed by atoms with Crippen molar-refractivity contribution in [2.75, 3.05) is 18.4 Å². The highest BCUT2D eigenvalue weighted by Gasteiger charge is 2.32. The minimum absolute atomic E-state index is 0.0919. The molecule has 1 aliphatic heterocycles. The standard InChI is InChI=1S/C17H19BrN2OS/c1-12-6-7-13(10-14(12)18)19-17(21)11-20-8-2-4-15(20)16-5-3-9-22-16/h3,5-7,9-10,15H,2,4,8,11H2,1H3,(H,19,21)/p+1/t15-/m1/s1. The minimum Gasteiger partial charge on any atom is -0.321 e. The van der Waals surface area contributed by atoms with E-state index in [1.807, 2.05) is 25.1 Å². The average molecular weight is 380 g/mol. The van der Waals surface area contributed by atoms with Gasteiger partial charge >= 0.3 is 0 Å². The Morgan fingerprint density at radius 2 is 2.32 bits per heavy atom. The van der Waals surface area contributed by atoms with Crippen molar-refractivity contribution in [2.24, 2.45) is 0 Å². The maximum atomic E-state index is 12.3. The Labute approximate surface area is 143 Å². The van der Waals surface area contributed by atoms with Crippen LogP contribution in [0.15, 0.2) is 40.2 Å². The molecule has 1 amide bonds. The Morgan fingerprint density at radius 3 is 3.05 bits per heavy atom. The van der Waals surface area contributed by atoms with Gasteiger partial charge in [0.15, 0.2) is 6.54 Å². The van der Waals surface area contributed by atoms with Crippen molar-refractivity contribution in [1.29, 1.82) is 0 Å². The summed E-state index contributed by atoms with van der Waals surface area (Å²) in [5.41, 5.74) is 2.02. The molecular formula is C17H20BrN2OS+. The van der Waals surface area contributed by atoms with E-state index >= 15 is 0 Å². The van der Waals surface area contributed by atoms with Crippen molar-refractivity contribution in [1.82, 2.24) is 0 Å². The van der Waals surface area contributed by atoms with Gasteiger partial charge in [-0.25, -0.2) is 0 Å². The number of likely N-dealkylation sites (tertiary alicyclic amines) is 1. The van der Waals surface area contributed by atoms with Crippen LogP contribution in [0.5, 0.6) is 0 Å². The molecule has 0 saturated carbocycles. The van der Waals surface area contributed by atoms with Gasteiger partial charge in [-0.1, -0.05) is 28.1 Å². The van der Waals surface area contributed by atoms with Crippen molar-refractivity contribution < 1.29 is 9.69 Å². The van der Waals surface area contributed by atoms with Crippen molar-refractivity contribution in [3.63, 3.8) is 0 Å². The van der Waals surface area contributed by atoms with Crippen molar-refractivity contribution in [3.05, 3.63) is 50.6 Å². The van der Waals surface area contributed by atoms with E-state index in [-0.39, 0.29) is 5.91 Å².